The van der Waals surface area contributed by atoms with E-state index >= 15 is 0 Å². The Hall–Kier alpha value is -2.81. The number of hydrogen-bond acceptors (Lipinski definition) is 7. The minimum Gasteiger partial charge on any atom is -0.493 e. The molecular formula is C20H26N2O7. The van der Waals surface area contributed by atoms with E-state index in [1.807, 2.05) is 0 Å². The van der Waals surface area contributed by atoms with Gasteiger partial charge in [-0.25, -0.2) is 4.79 Å². The topological polar surface area (TPSA) is 103 Å². The molecule has 1 aromatic rings. The molecule has 1 saturated carbocycles. The number of morpholine rings is 1. The van der Waals surface area contributed by atoms with Crippen LogP contribution in [0.1, 0.15) is 30.1 Å². The van der Waals surface area contributed by atoms with Crippen LogP contribution in [-0.2, 0) is 19.1 Å². The van der Waals surface area contributed by atoms with Gasteiger partial charge in [-0.2, -0.15) is 0 Å². The van der Waals surface area contributed by atoms with Gasteiger partial charge in [-0.3, -0.25) is 9.59 Å². The molecule has 1 atom stereocenters. The van der Waals surface area contributed by atoms with Gasteiger partial charge in [0, 0.05) is 19.1 Å². The third kappa shape index (κ3) is 5.83. The quantitative estimate of drug-likeness (QED) is 0.636. The maximum absolute atomic E-state index is 12.3. The maximum Gasteiger partial charge on any atom is 0.339 e. The lowest BCUT2D eigenvalue weighted by Crippen LogP contribution is -2.43. The Labute approximate surface area is 169 Å². The van der Waals surface area contributed by atoms with E-state index in [2.05, 4.69) is 5.32 Å². The van der Waals surface area contributed by atoms with Gasteiger partial charge < -0.3 is 29.2 Å². The van der Waals surface area contributed by atoms with Gasteiger partial charge in [0.05, 0.1) is 25.9 Å². The molecule has 158 valence electrons. The molecule has 2 amide bonds. The third-order valence-electron chi connectivity index (χ3n) is 4.69. The van der Waals surface area contributed by atoms with Gasteiger partial charge in [0.15, 0.2) is 24.2 Å². The molecule has 0 spiro atoms. The number of carbonyl (C=O) groups excluding carboxylic acids is 3. The summed E-state index contributed by atoms with van der Waals surface area (Å²) in [5, 5.41) is 2.79. The number of amides is 2. The normalized spacial score (nSPS) is 17.2. The molecule has 9 heteroatoms. The Morgan fingerprint density at radius 3 is 2.59 bits per heavy atom. The van der Waals surface area contributed by atoms with Gasteiger partial charge in [0.25, 0.3) is 11.8 Å². The van der Waals surface area contributed by atoms with Crippen molar-refractivity contribution in [3.05, 3.63) is 23.8 Å². The molecule has 1 aromatic carbocycles. The van der Waals surface area contributed by atoms with Crippen LogP contribution in [0.15, 0.2) is 18.2 Å². The summed E-state index contributed by atoms with van der Waals surface area (Å²) < 4.78 is 21.3. The number of methoxy groups -OCH3 is 1. The van der Waals surface area contributed by atoms with E-state index in [1.165, 1.54) is 32.2 Å². The zero-order valence-corrected chi connectivity index (χ0v) is 16.6. The molecule has 0 bridgehead atoms. The summed E-state index contributed by atoms with van der Waals surface area (Å²) >= 11 is 0. The molecule has 1 aliphatic heterocycles. The first kappa shape index (κ1) is 20.9. The molecule has 1 aliphatic carbocycles. The Balaban J connectivity index is 1.56. The molecule has 3 rings (SSSR count). The van der Waals surface area contributed by atoms with E-state index < -0.39 is 12.1 Å². The second-order valence-corrected chi connectivity index (χ2v) is 6.98. The number of carbonyl (C=O) groups is 3. The van der Waals surface area contributed by atoms with Crippen LogP contribution >= 0.6 is 0 Å². The van der Waals surface area contributed by atoms with Crippen LogP contribution in [0.2, 0.25) is 0 Å². The number of hydrogen-bond donors (Lipinski definition) is 1. The monoisotopic (exact) mass is 406 g/mol. The summed E-state index contributed by atoms with van der Waals surface area (Å²) in [4.78, 5) is 38.2. The van der Waals surface area contributed by atoms with E-state index in [9.17, 15) is 14.4 Å². The van der Waals surface area contributed by atoms with Crippen molar-refractivity contribution < 1.29 is 33.3 Å². The average Bonchev–Trinajstić information content (AvgIpc) is 3.56. The van der Waals surface area contributed by atoms with Crippen LogP contribution in [0.5, 0.6) is 11.5 Å². The highest BCUT2D eigenvalue weighted by Crippen LogP contribution is 2.28. The van der Waals surface area contributed by atoms with Crippen LogP contribution in [0.4, 0.5) is 0 Å². The van der Waals surface area contributed by atoms with Crippen molar-refractivity contribution in [3.63, 3.8) is 0 Å². The SMILES string of the molecule is COc1cc(C(=O)O[C@H](C)C(=O)NC2CC2)ccc1OCC(=O)N1CCOCC1. The van der Waals surface area contributed by atoms with Crippen LogP contribution < -0.4 is 14.8 Å². The summed E-state index contributed by atoms with van der Waals surface area (Å²) in [6, 6.07) is 4.70. The minimum absolute atomic E-state index is 0.140. The van der Waals surface area contributed by atoms with Crippen LogP contribution in [-0.4, -0.2) is 74.8 Å². The highest BCUT2D eigenvalue weighted by molar-refractivity contribution is 5.93. The fraction of sp³-hybridized carbons (Fsp3) is 0.550. The van der Waals surface area contributed by atoms with E-state index in [0.29, 0.717) is 37.8 Å². The Morgan fingerprint density at radius 2 is 1.93 bits per heavy atom. The number of ether oxygens (including phenoxy) is 4. The lowest BCUT2D eigenvalue weighted by molar-refractivity contribution is -0.137. The van der Waals surface area contributed by atoms with E-state index in [0.717, 1.165) is 12.8 Å². The average molecular weight is 406 g/mol. The summed E-state index contributed by atoms with van der Waals surface area (Å²) in [5.74, 6) is -0.462. The molecule has 29 heavy (non-hydrogen) atoms. The van der Waals surface area contributed by atoms with Gasteiger partial charge in [0.1, 0.15) is 0 Å². The predicted octanol–water partition coefficient (Wildman–Crippen LogP) is 0.757. The second kappa shape index (κ2) is 9.60. The molecule has 1 saturated heterocycles. The first-order chi connectivity index (χ1) is 14.0. The van der Waals surface area contributed by atoms with E-state index in [4.69, 9.17) is 18.9 Å². The highest BCUT2D eigenvalue weighted by atomic mass is 16.5. The van der Waals surface area contributed by atoms with E-state index in [1.54, 1.807) is 4.90 Å². The zero-order valence-electron chi connectivity index (χ0n) is 16.6. The summed E-state index contributed by atoms with van der Waals surface area (Å²) in [7, 11) is 1.44. The van der Waals surface area contributed by atoms with Crippen molar-refractivity contribution in [2.45, 2.75) is 31.9 Å². The molecule has 0 aromatic heterocycles. The van der Waals surface area contributed by atoms with Crippen molar-refractivity contribution in [1.82, 2.24) is 10.2 Å². The van der Waals surface area contributed by atoms with Crippen molar-refractivity contribution in [2.24, 2.45) is 0 Å². The van der Waals surface area contributed by atoms with Gasteiger partial charge in [-0.1, -0.05) is 0 Å². The molecule has 1 heterocycles. The first-order valence-electron chi connectivity index (χ1n) is 9.65. The van der Waals surface area contributed by atoms with Crippen LogP contribution in [0, 0.1) is 0 Å². The fourth-order valence-electron chi connectivity index (χ4n) is 2.79. The largest absolute Gasteiger partial charge is 0.493 e. The van der Waals surface area contributed by atoms with Crippen molar-refractivity contribution >= 4 is 17.8 Å². The Bertz CT molecular complexity index is 757. The molecule has 0 unspecified atom stereocenters. The van der Waals surface area contributed by atoms with Gasteiger partial charge in [-0.05, 0) is 38.0 Å². The number of nitrogens with zero attached hydrogens (tertiary/aromatic N) is 1. The number of rotatable bonds is 8. The van der Waals surface area contributed by atoms with E-state index in [-0.39, 0.29) is 30.0 Å². The smallest absolute Gasteiger partial charge is 0.339 e. The van der Waals surface area contributed by atoms with Crippen LogP contribution in [0.3, 0.4) is 0 Å². The summed E-state index contributed by atoms with van der Waals surface area (Å²) in [6.45, 7) is 3.50. The van der Waals surface area contributed by atoms with Crippen molar-refractivity contribution in [1.29, 1.82) is 0 Å². The standard InChI is InChI=1S/C20H26N2O7/c1-13(19(24)21-15-4-5-15)29-20(25)14-3-6-16(17(11-14)26-2)28-12-18(23)22-7-9-27-10-8-22/h3,6,11,13,15H,4-5,7-10,12H2,1-2H3,(H,21,24)/t13-/m1/s1. The minimum atomic E-state index is -0.892. The molecule has 2 aliphatic rings. The lowest BCUT2D eigenvalue weighted by atomic mass is 10.2. The summed E-state index contributed by atoms with van der Waals surface area (Å²) in [5.41, 5.74) is 0.222. The zero-order chi connectivity index (χ0) is 20.8. The second-order valence-electron chi connectivity index (χ2n) is 6.98. The fourth-order valence-corrected chi connectivity index (χ4v) is 2.79. The van der Waals surface area contributed by atoms with Crippen molar-refractivity contribution in [3.8, 4) is 11.5 Å². The third-order valence-corrected chi connectivity index (χ3v) is 4.69. The molecular weight excluding hydrogens is 380 g/mol. The van der Waals surface area contributed by atoms with Gasteiger partial charge in [-0.15, -0.1) is 0 Å². The molecule has 9 nitrogen and oxygen atoms in total. The highest BCUT2D eigenvalue weighted by Gasteiger charge is 2.27. The maximum atomic E-state index is 12.3. The molecule has 2 fully saturated rings. The van der Waals surface area contributed by atoms with Gasteiger partial charge >= 0.3 is 5.97 Å². The number of benzene rings is 1. The first-order valence-corrected chi connectivity index (χ1v) is 9.65. The molecule has 0 radical (unpaired) electrons. The Kier molecular flexibility index (Phi) is 6.92. The lowest BCUT2D eigenvalue weighted by Gasteiger charge is -2.26. The van der Waals surface area contributed by atoms with Crippen molar-refractivity contribution in [2.75, 3.05) is 40.0 Å². The Morgan fingerprint density at radius 1 is 1.21 bits per heavy atom. The van der Waals surface area contributed by atoms with Gasteiger partial charge in [0.2, 0.25) is 0 Å². The number of esters is 1. The number of nitrogens with one attached hydrogen (secondary N) is 1. The summed E-state index contributed by atoms with van der Waals surface area (Å²) in [6.07, 6.45) is 1.02. The van der Waals surface area contributed by atoms with Crippen LogP contribution in [0.25, 0.3) is 0 Å². The molecule has 1 N–H and O–H groups in total. The predicted molar refractivity (Wildman–Crippen MR) is 102 cm³/mol.